The van der Waals surface area contributed by atoms with E-state index in [1.54, 1.807) is 6.92 Å². The molecule has 11 heteroatoms. The van der Waals surface area contributed by atoms with Gasteiger partial charge in [-0.3, -0.25) is 0 Å². The largest absolute Gasteiger partial charge is 1.00 e. The molecule has 0 fully saturated rings. The van der Waals surface area contributed by atoms with Crippen molar-refractivity contribution in [3.63, 3.8) is 0 Å². The van der Waals surface area contributed by atoms with Crippen LogP contribution >= 0.6 is 7.81 Å². The maximum atomic E-state index is 9.87. The van der Waals surface area contributed by atoms with Crippen molar-refractivity contribution in [3.8, 4) is 0 Å². The first-order valence-corrected chi connectivity index (χ1v) is 4.67. The zero-order valence-corrected chi connectivity index (χ0v) is 8.08. The molecular weight excluding hydrogens is 236 g/mol. The molecule has 0 aliphatic carbocycles. The number of hydrogen-bond acceptors (Lipinski definition) is 2. The van der Waals surface area contributed by atoms with Crippen molar-refractivity contribution < 1.29 is 58.7 Å². The van der Waals surface area contributed by atoms with Crippen LogP contribution in [0.5, 0.6) is 0 Å². The fourth-order valence-electron chi connectivity index (χ4n) is 0.123. The van der Waals surface area contributed by atoms with Gasteiger partial charge in [-0.1, -0.05) is 0 Å². The number of hydrogen-bond donors (Lipinski definition) is 1. The van der Waals surface area contributed by atoms with Crippen LogP contribution in [0.25, 0.3) is 0 Å². The Morgan fingerprint density at radius 2 is 1.43 bits per heavy atom. The van der Waals surface area contributed by atoms with E-state index >= 15 is 0 Å². The Hall–Kier alpha value is -0.123. The Bertz CT molecular complexity index is 174. The maximum absolute atomic E-state index is 10.7. The van der Waals surface area contributed by atoms with Crippen molar-refractivity contribution >= 4 is 14.0 Å². The SMILES string of the molecule is CCOC(=O)O.F[P-](F)(F)(F)(F)F.[Li+]. The average molecular weight is 242 g/mol. The summed E-state index contributed by atoms with van der Waals surface area (Å²) in [6.07, 6.45) is -1.21. The third-order valence-corrected chi connectivity index (χ3v) is 0.268. The summed E-state index contributed by atoms with van der Waals surface area (Å²) in [4.78, 5) is 9.38. The van der Waals surface area contributed by atoms with Gasteiger partial charge in [0, 0.05) is 0 Å². The molecule has 0 saturated heterocycles. The number of carbonyl (C=O) groups is 1. The van der Waals surface area contributed by atoms with E-state index in [0.717, 1.165) is 0 Å². The van der Waals surface area contributed by atoms with Gasteiger partial charge < -0.3 is 9.84 Å². The van der Waals surface area contributed by atoms with Gasteiger partial charge in [0.15, 0.2) is 0 Å². The molecule has 1 N–H and O–H groups in total. The number of ether oxygens (including phenoxy) is 1. The predicted molar refractivity (Wildman–Crippen MR) is 33.2 cm³/mol. The van der Waals surface area contributed by atoms with Crippen LogP contribution in [-0.2, 0) is 4.74 Å². The van der Waals surface area contributed by atoms with E-state index in [4.69, 9.17) is 5.11 Å². The number of carboxylic acid groups (broad SMARTS) is 1. The number of halogens is 6. The van der Waals surface area contributed by atoms with Crippen LogP contribution in [0.4, 0.5) is 30.0 Å². The van der Waals surface area contributed by atoms with E-state index in [2.05, 4.69) is 4.74 Å². The van der Waals surface area contributed by atoms with Crippen LogP contribution in [0.15, 0.2) is 0 Å². The van der Waals surface area contributed by atoms with Crippen LogP contribution in [0.3, 0.4) is 0 Å². The molecule has 0 heterocycles. The van der Waals surface area contributed by atoms with E-state index in [0.29, 0.717) is 0 Å². The van der Waals surface area contributed by atoms with Gasteiger partial charge in [-0.05, 0) is 6.92 Å². The standard InChI is InChI=1S/C3H6O3.F6P.Li/c1-2-6-3(4)5;1-7(2,3,4,5)6;/h2H2,1H3,(H,4,5);;/q;-1;+1. The monoisotopic (exact) mass is 242 g/mol. The molecular formula is C3H6F6LiO3P. The van der Waals surface area contributed by atoms with Gasteiger partial charge >= 0.3 is 58.0 Å². The molecule has 0 aliphatic rings. The van der Waals surface area contributed by atoms with Gasteiger partial charge in [-0.15, -0.1) is 0 Å². The molecule has 0 bridgehead atoms. The molecule has 0 atom stereocenters. The quantitative estimate of drug-likeness (QED) is 0.324. The van der Waals surface area contributed by atoms with Crippen molar-refractivity contribution in [2.45, 2.75) is 6.92 Å². The van der Waals surface area contributed by atoms with Gasteiger partial charge in [0.05, 0.1) is 6.61 Å². The Morgan fingerprint density at radius 3 is 1.43 bits per heavy atom. The van der Waals surface area contributed by atoms with Crippen LogP contribution in [0.1, 0.15) is 6.92 Å². The Morgan fingerprint density at radius 1 is 1.21 bits per heavy atom. The average Bonchev–Trinajstić information content (AvgIpc) is 1.53. The molecule has 0 saturated carbocycles. The van der Waals surface area contributed by atoms with Crippen molar-refractivity contribution in [3.05, 3.63) is 0 Å². The summed E-state index contributed by atoms with van der Waals surface area (Å²) < 4.78 is 63.2. The molecule has 0 amide bonds. The molecule has 0 aliphatic heterocycles. The second-order valence-corrected chi connectivity index (χ2v) is 3.57. The molecule has 0 aromatic carbocycles. The van der Waals surface area contributed by atoms with Crippen LogP contribution < -0.4 is 18.9 Å². The smallest absolute Gasteiger partial charge is 1.00 e. The van der Waals surface area contributed by atoms with Crippen molar-refractivity contribution in [1.82, 2.24) is 0 Å². The summed E-state index contributed by atoms with van der Waals surface area (Å²) in [6, 6.07) is 0. The third-order valence-electron chi connectivity index (χ3n) is 0.268. The molecule has 3 nitrogen and oxygen atoms in total. The van der Waals surface area contributed by atoms with Crippen LogP contribution in [0.2, 0.25) is 0 Å². The summed E-state index contributed by atoms with van der Waals surface area (Å²) in [7, 11) is -10.7. The van der Waals surface area contributed by atoms with E-state index in [-0.39, 0.29) is 25.5 Å². The van der Waals surface area contributed by atoms with Gasteiger partial charge in [-0.25, -0.2) is 4.79 Å². The van der Waals surface area contributed by atoms with Gasteiger partial charge in [-0.2, -0.15) is 0 Å². The summed E-state index contributed by atoms with van der Waals surface area (Å²) in [6.45, 7) is 1.85. The van der Waals surface area contributed by atoms with E-state index in [1.165, 1.54) is 0 Å². The topological polar surface area (TPSA) is 46.5 Å². The minimum absolute atomic E-state index is 0. The molecule has 0 aromatic rings. The molecule has 0 rings (SSSR count). The number of rotatable bonds is 1. The minimum Gasteiger partial charge on any atom is 1.00 e. The van der Waals surface area contributed by atoms with Crippen molar-refractivity contribution in [2.75, 3.05) is 6.61 Å². The molecule has 0 spiro atoms. The molecule has 0 unspecified atom stereocenters. The van der Waals surface area contributed by atoms with Gasteiger partial charge in [0.1, 0.15) is 0 Å². The second-order valence-electron chi connectivity index (χ2n) is 1.66. The predicted octanol–water partition coefficient (Wildman–Crippen LogP) is 1.09. The van der Waals surface area contributed by atoms with E-state index in [9.17, 15) is 30.0 Å². The molecule has 14 heavy (non-hydrogen) atoms. The Balaban J connectivity index is -0.000000163. The first kappa shape index (κ1) is 19.4. The van der Waals surface area contributed by atoms with E-state index in [1.807, 2.05) is 0 Å². The summed E-state index contributed by atoms with van der Waals surface area (Å²) in [5.74, 6) is 0. The van der Waals surface area contributed by atoms with Crippen molar-refractivity contribution in [1.29, 1.82) is 0 Å². The second kappa shape index (κ2) is 4.60. The Kier molecular flexibility index (Phi) is 6.39. The molecule has 0 aromatic heterocycles. The van der Waals surface area contributed by atoms with Gasteiger partial charge in [0.25, 0.3) is 0 Å². The molecule has 84 valence electrons. The van der Waals surface area contributed by atoms with Crippen LogP contribution in [-0.4, -0.2) is 17.9 Å². The Labute approximate surface area is 86.8 Å². The van der Waals surface area contributed by atoms with Crippen molar-refractivity contribution in [2.24, 2.45) is 0 Å². The van der Waals surface area contributed by atoms with Gasteiger partial charge in [0.2, 0.25) is 0 Å². The zero-order chi connectivity index (χ0) is 11.4. The molecule has 0 radical (unpaired) electrons. The maximum Gasteiger partial charge on any atom is 1.00 e. The summed E-state index contributed by atoms with van der Waals surface area (Å²) in [5, 5.41) is 7.69. The van der Waals surface area contributed by atoms with E-state index < -0.39 is 14.0 Å². The first-order valence-electron chi connectivity index (χ1n) is 2.64. The third kappa shape index (κ3) is 170. The minimum atomic E-state index is -10.7. The first-order chi connectivity index (χ1) is 5.22. The fourth-order valence-corrected chi connectivity index (χ4v) is 0.123. The summed E-state index contributed by atoms with van der Waals surface area (Å²) >= 11 is 0. The summed E-state index contributed by atoms with van der Waals surface area (Å²) in [5.41, 5.74) is 0. The zero-order valence-electron chi connectivity index (χ0n) is 7.19. The normalized spacial score (nSPS) is 14.8. The fraction of sp³-hybridized carbons (Fsp3) is 0.667. The van der Waals surface area contributed by atoms with Crippen LogP contribution in [0, 0.1) is 0 Å².